The molecule has 160 valence electrons. The highest BCUT2D eigenvalue weighted by Crippen LogP contribution is 2.23. The molecular weight excluding hydrogens is 388 g/mol. The topological polar surface area (TPSA) is 78.4 Å². The van der Waals surface area contributed by atoms with Crippen LogP contribution in [0.4, 0.5) is 11.4 Å². The smallest absolute Gasteiger partial charge is 0.337 e. The van der Waals surface area contributed by atoms with Crippen LogP contribution in [0.2, 0.25) is 0 Å². The van der Waals surface area contributed by atoms with E-state index in [-0.39, 0.29) is 17.2 Å². The average Bonchev–Trinajstić information content (AvgIpc) is 2.79. The molecule has 0 bridgehead atoms. The van der Waals surface area contributed by atoms with Crippen LogP contribution in [0.25, 0.3) is 0 Å². The summed E-state index contributed by atoms with van der Waals surface area (Å²) < 4.78 is 0. The van der Waals surface area contributed by atoms with Crippen molar-refractivity contribution in [2.24, 2.45) is 0 Å². The molecular formula is C26H28N2O3. The van der Waals surface area contributed by atoms with Crippen molar-refractivity contribution in [3.05, 3.63) is 95.1 Å². The summed E-state index contributed by atoms with van der Waals surface area (Å²) >= 11 is 0. The van der Waals surface area contributed by atoms with E-state index in [0.29, 0.717) is 5.56 Å². The predicted octanol–water partition coefficient (Wildman–Crippen LogP) is 5.63. The highest BCUT2D eigenvalue weighted by atomic mass is 16.4. The van der Waals surface area contributed by atoms with Gasteiger partial charge in [0.15, 0.2) is 0 Å². The number of benzene rings is 3. The molecule has 0 unspecified atom stereocenters. The Bertz CT molecular complexity index is 1030. The molecule has 0 aliphatic carbocycles. The minimum absolute atomic E-state index is 0.0656. The Balaban J connectivity index is 1.80. The van der Waals surface area contributed by atoms with E-state index in [1.807, 2.05) is 36.4 Å². The van der Waals surface area contributed by atoms with E-state index in [9.17, 15) is 14.7 Å². The van der Waals surface area contributed by atoms with Crippen LogP contribution in [0.15, 0.2) is 72.8 Å². The summed E-state index contributed by atoms with van der Waals surface area (Å²) in [6.45, 7) is 2.89. The zero-order chi connectivity index (χ0) is 22.1. The van der Waals surface area contributed by atoms with E-state index in [1.165, 1.54) is 11.6 Å². The largest absolute Gasteiger partial charge is 0.478 e. The minimum atomic E-state index is -1.08. The number of aromatic carboxylic acids is 1. The first-order valence-corrected chi connectivity index (χ1v) is 10.6. The van der Waals surface area contributed by atoms with E-state index < -0.39 is 5.97 Å². The van der Waals surface area contributed by atoms with Gasteiger partial charge in [-0.2, -0.15) is 0 Å². The number of para-hydroxylation sites is 1. The Morgan fingerprint density at radius 2 is 1.52 bits per heavy atom. The van der Waals surface area contributed by atoms with Crippen molar-refractivity contribution in [2.45, 2.75) is 32.6 Å². The van der Waals surface area contributed by atoms with Crippen LogP contribution >= 0.6 is 0 Å². The predicted molar refractivity (Wildman–Crippen MR) is 125 cm³/mol. The summed E-state index contributed by atoms with van der Waals surface area (Å²) in [4.78, 5) is 24.4. The molecule has 0 heterocycles. The van der Waals surface area contributed by atoms with Crippen molar-refractivity contribution in [1.82, 2.24) is 0 Å². The average molecular weight is 417 g/mol. The van der Waals surface area contributed by atoms with Crippen LogP contribution in [0.5, 0.6) is 0 Å². The lowest BCUT2D eigenvalue weighted by Gasteiger charge is -2.15. The number of amides is 1. The second kappa shape index (κ2) is 11.0. The highest BCUT2D eigenvalue weighted by Gasteiger charge is 2.16. The number of hydrogen-bond acceptors (Lipinski definition) is 3. The number of carboxylic acid groups (broad SMARTS) is 1. The van der Waals surface area contributed by atoms with Crippen LogP contribution in [-0.4, -0.2) is 23.5 Å². The maximum absolute atomic E-state index is 13.0. The standard InChI is InChI=1S/C26H28N2O3/c1-2-3-17-27-24-18-20(14-13-19-9-5-4-6-10-19)15-16-21(24)25(29)28-23-12-8-7-11-22(23)26(30)31/h4-12,15-16,18,27H,2-3,13-14,17H2,1H3,(H,28,29)(H,30,31). The number of carbonyl (C=O) groups excluding carboxylic acids is 1. The lowest BCUT2D eigenvalue weighted by molar-refractivity contribution is 0.0698. The lowest BCUT2D eigenvalue weighted by atomic mass is 10.0. The summed E-state index contributed by atoms with van der Waals surface area (Å²) in [5, 5.41) is 15.5. The Morgan fingerprint density at radius 3 is 2.26 bits per heavy atom. The number of nitrogens with one attached hydrogen (secondary N) is 2. The fourth-order valence-electron chi connectivity index (χ4n) is 3.39. The van der Waals surface area contributed by atoms with Gasteiger partial charge in [0, 0.05) is 12.2 Å². The first-order chi connectivity index (χ1) is 15.1. The van der Waals surface area contributed by atoms with Gasteiger partial charge in [-0.15, -0.1) is 0 Å². The molecule has 3 aromatic carbocycles. The third kappa shape index (κ3) is 6.19. The number of aryl methyl sites for hydroxylation is 2. The van der Waals surface area contributed by atoms with Gasteiger partial charge in [-0.1, -0.05) is 61.9 Å². The van der Waals surface area contributed by atoms with Gasteiger partial charge in [-0.05, 0) is 54.7 Å². The zero-order valence-corrected chi connectivity index (χ0v) is 17.7. The third-order valence-electron chi connectivity index (χ3n) is 5.13. The number of unbranched alkanes of at least 4 members (excludes halogenated alkanes) is 1. The first kappa shape index (κ1) is 22.1. The van der Waals surface area contributed by atoms with E-state index >= 15 is 0 Å². The molecule has 0 radical (unpaired) electrons. The molecule has 0 fully saturated rings. The third-order valence-corrected chi connectivity index (χ3v) is 5.13. The molecule has 0 aromatic heterocycles. The van der Waals surface area contributed by atoms with Crippen molar-refractivity contribution in [1.29, 1.82) is 0 Å². The molecule has 3 aromatic rings. The fraction of sp³-hybridized carbons (Fsp3) is 0.231. The van der Waals surface area contributed by atoms with Crippen LogP contribution in [0.3, 0.4) is 0 Å². The summed E-state index contributed by atoms with van der Waals surface area (Å²) in [5.74, 6) is -1.41. The summed E-state index contributed by atoms with van der Waals surface area (Å²) in [6, 6.07) is 22.5. The van der Waals surface area contributed by atoms with Crippen LogP contribution in [0.1, 0.15) is 51.6 Å². The van der Waals surface area contributed by atoms with Gasteiger partial charge in [0.25, 0.3) is 5.91 Å². The van der Waals surface area contributed by atoms with Gasteiger partial charge >= 0.3 is 5.97 Å². The SMILES string of the molecule is CCCCNc1cc(CCc2ccccc2)ccc1C(=O)Nc1ccccc1C(=O)O. The van der Waals surface area contributed by atoms with Gasteiger partial charge < -0.3 is 15.7 Å². The maximum atomic E-state index is 13.0. The second-order valence-electron chi connectivity index (χ2n) is 7.45. The Hall–Kier alpha value is -3.60. The van der Waals surface area contributed by atoms with Crippen LogP contribution < -0.4 is 10.6 Å². The fourth-order valence-corrected chi connectivity index (χ4v) is 3.39. The van der Waals surface area contributed by atoms with Crippen LogP contribution in [-0.2, 0) is 12.8 Å². The van der Waals surface area contributed by atoms with Gasteiger partial charge in [0.2, 0.25) is 0 Å². The second-order valence-corrected chi connectivity index (χ2v) is 7.45. The highest BCUT2D eigenvalue weighted by molar-refractivity contribution is 6.10. The quantitative estimate of drug-likeness (QED) is 0.374. The molecule has 0 atom stereocenters. The Morgan fingerprint density at radius 1 is 0.806 bits per heavy atom. The van der Waals surface area contributed by atoms with E-state index in [4.69, 9.17) is 0 Å². The van der Waals surface area contributed by atoms with E-state index in [2.05, 4.69) is 29.7 Å². The van der Waals surface area contributed by atoms with Crippen molar-refractivity contribution in [2.75, 3.05) is 17.2 Å². The number of rotatable bonds is 10. The molecule has 0 aliphatic rings. The molecule has 3 N–H and O–H groups in total. The molecule has 1 amide bonds. The van der Waals surface area contributed by atoms with Crippen molar-refractivity contribution in [3.8, 4) is 0 Å². The summed E-state index contributed by atoms with van der Waals surface area (Å²) in [5.41, 5.74) is 4.04. The molecule has 31 heavy (non-hydrogen) atoms. The number of hydrogen-bond donors (Lipinski definition) is 3. The molecule has 5 nitrogen and oxygen atoms in total. The van der Waals surface area contributed by atoms with Crippen molar-refractivity contribution >= 4 is 23.3 Å². The number of carbonyl (C=O) groups is 2. The van der Waals surface area contributed by atoms with Gasteiger partial charge in [0.05, 0.1) is 16.8 Å². The zero-order valence-electron chi connectivity index (χ0n) is 17.7. The van der Waals surface area contributed by atoms with Gasteiger partial charge in [-0.3, -0.25) is 4.79 Å². The lowest BCUT2D eigenvalue weighted by Crippen LogP contribution is -2.17. The summed E-state index contributed by atoms with van der Waals surface area (Å²) in [7, 11) is 0. The minimum Gasteiger partial charge on any atom is -0.478 e. The molecule has 0 saturated carbocycles. The normalized spacial score (nSPS) is 10.5. The molecule has 0 aliphatic heterocycles. The number of carboxylic acids is 1. The van der Waals surface area contributed by atoms with Crippen molar-refractivity contribution < 1.29 is 14.7 Å². The van der Waals surface area contributed by atoms with Crippen molar-refractivity contribution in [3.63, 3.8) is 0 Å². The summed E-state index contributed by atoms with van der Waals surface area (Å²) in [6.07, 6.45) is 3.84. The van der Waals surface area contributed by atoms with Gasteiger partial charge in [0.1, 0.15) is 0 Å². The van der Waals surface area contributed by atoms with Crippen LogP contribution in [0, 0.1) is 0 Å². The molecule has 3 rings (SSSR count). The number of anilines is 2. The monoisotopic (exact) mass is 416 g/mol. The Kier molecular flexibility index (Phi) is 7.82. The van der Waals surface area contributed by atoms with Gasteiger partial charge in [-0.25, -0.2) is 4.79 Å². The Labute approximate surface area is 183 Å². The molecule has 0 saturated heterocycles. The first-order valence-electron chi connectivity index (χ1n) is 10.6. The maximum Gasteiger partial charge on any atom is 0.337 e. The van der Waals surface area contributed by atoms with E-state index in [1.54, 1.807) is 18.2 Å². The molecule has 5 heteroatoms. The van der Waals surface area contributed by atoms with E-state index in [0.717, 1.165) is 43.5 Å². The molecule has 0 spiro atoms.